The summed E-state index contributed by atoms with van der Waals surface area (Å²) in [4.78, 5) is 34.8. The number of carboxylic acids is 3. The normalized spacial score (nSPS) is 15.6. The highest BCUT2D eigenvalue weighted by Crippen LogP contribution is 2.22. The van der Waals surface area contributed by atoms with Crippen LogP contribution in [-0.4, -0.2) is 63.9 Å². The van der Waals surface area contributed by atoms with Crippen LogP contribution in [0.3, 0.4) is 0 Å². The van der Waals surface area contributed by atoms with Gasteiger partial charge in [0.25, 0.3) is 0 Å². The van der Waals surface area contributed by atoms with Gasteiger partial charge >= 0.3 is 17.9 Å². The average Bonchev–Trinajstić information content (AvgIpc) is 2.87. The summed E-state index contributed by atoms with van der Waals surface area (Å²) in [6, 6.07) is 0. The lowest BCUT2D eigenvalue weighted by atomic mass is 10.0. The fraction of sp³-hybridized carbons (Fsp3) is 0.844. The van der Waals surface area contributed by atoms with Gasteiger partial charge in [-0.3, -0.25) is 14.4 Å². The van der Waals surface area contributed by atoms with Crippen LogP contribution in [0, 0.1) is 17.8 Å². The topological polar surface area (TPSA) is 112 Å². The fourth-order valence-corrected chi connectivity index (χ4v) is 5.52. The highest BCUT2D eigenvalue weighted by molar-refractivity contribution is 5.70. The van der Waals surface area contributed by atoms with E-state index in [1.54, 1.807) is 20.8 Å². The molecule has 0 aromatic carbocycles. The molecule has 0 aromatic heterocycles. The Morgan fingerprint density at radius 3 is 1.18 bits per heavy atom. The highest BCUT2D eigenvalue weighted by Gasteiger charge is 2.38. The molecular formula is C32H60NO6+. The Labute approximate surface area is 238 Å². The number of allylic oxidation sites excluding steroid dienone is 2. The first-order valence-corrected chi connectivity index (χ1v) is 15.7. The van der Waals surface area contributed by atoms with E-state index in [1.165, 1.54) is 70.6 Å². The molecule has 0 radical (unpaired) electrons. The SMILES string of the molecule is CCCCCCCCCCCCC/C=C/CCCCC[N+](CC(C)C(=O)O)(CC(C)C(=O)O)CC(C)C(=O)O. The molecule has 3 unspecified atom stereocenters. The van der Waals surface area contributed by atoms with Crippen LogP contribution >= 0.6 is 0 Å². The van der Waals surface area contributed by atoms with Gasteiger partial charge < -0.3 is 19.8 Å². The molecule has 0 saturated heterocycles. The summed E-state index contributed by atoms with van der Waals surface area (Å²) in [5.41, 5.74) is 0. The molecule has 0 amide bonds. The van der Waals surface area contributed by atoms with E-state index in [0.29, 0.717) is 6.54 Å². The van der Waals surface area contributed by atoms with E-state index in [-0.39, 0.29) is 24.1 Å². The van der Waals surface area contributed by atoms with Gasteiger partial charge in [0.2, 0.25) is 0 Å². The molecule has 39 heavy (non-hydrogen) atoms. The predicted molar refractivity (Wildman–Crippen MR) is 159 cm³/mol. The van der Waals surface area contributed by atoms with Crippen molar-refractivity contribution in [1.82, 2.24) is 0 Å². The maximum atomic E-state index is 11.6. The zero-order valence-corrected chi connectivity index (χ0v) is 25.5. The van der Waals surface area contributed by atoms with E-state index in [4.69, 9.17) is 0 Å². The lowest BCUT2D eigenvalue weighted by Gasteiger charge is -2.42. The first kappa shape index (κ1) is 37.1. The molecule has 228 valence electrons. The van der Waals surface area contributed by atoms with E-state index in [0.717, 1.165) is 32.1 Å². The van der Waals surface area contributed by atoms with Gasteiger partial charge in [-0.15, -0.1) is 0 Å². The molecular weight excluding hydrogens is 494 g/mol. The molecule has 3 N–H and O–H groups in total. The number of carbonyl (C=O) groups is 3. The first-order chi connectivity index (χ1) is 18.5. The summed E-state index contributed by atoms with van der Waals surface area (Å²) in [5.74, 6) is -4.84. The summed E-state index contributed by atoms with van der Waals surface area (Å²) < 4.78 is 0.211. The molecule has 7 heteroatoms. The fourth-order valence-electron chi connectivity index (χ4n) is 5.52. The number of aliphatic carboxylic acids is 3. The van der Waals surface area contributed by atoms with Crippen molar-refractivity contribution in [2.75, 3.05) is 26.2 Å². The number of hydrogen-bond donors (Lipinski definition) is 3. The highest BCUT2D eigenvalue weighted by atomic mass is 16.4. The molecule has 0 rings (SSSR count). The molecule has 0 aliphatic carbocycles. The number of carboxylic acid groups (broad SMARTS) is 3. The van der Waals surface area contributed by atoms with Gasteiger partial charge in [0.15, 0.2) is 0 Å². The largest absolute Gasteiger partial charge is 0.481 e. The third-order valence-corrected chi connectivity index (χ3v) is 7.89. The number of hydrogen-bond acceptors (Lipinski definition) is 3. The van der Waals surface area contributed by atoms with Crippen LogP contribution in [0.2, 0.25) is 0 Å². The van der Waals surface area contributed by atoms with Gasteiger partial charge in [-0.05, 0) is 59.3 Å². The van der Waals surface area contributed by atoms with Gasteiger partial charge in [-0.1, -0.05) is 83.3 Å². The maximum absolute atomic E-state index is 11.6. The molecule has 0 aromatic rings. The Morgan fingerprint density at radius 1 is 0.538 bits per heavy atom. The number of quaternary nitrogens is 1. The lowest BCUT2D eigenvalue weighted by Crippen LogP contribution is -2.57. The minimum Gasteiger partial charge on any atom is -0.481 e. The van der Waals surface area contributed by atoms with Gasteiger partial charge in [-0.2, -0.15) is 0 Å². The van der Waals surface area contributed by atoms with Crippen molar-refractivity contribution < 1.29 is 34.2 Å². The van der Waals surface area contributed by atoms with Crippen molar-refractivity contribution in [3.63, 3.8) is 0 Å². The van der Waals surface area contributed by atoms with Crippen LogP contribution in [0.5, 0.6) is 0 Å². The molecule has 0 spiro atoms. The Kier molecular flexibility index (Phi) is 21.8. The Morgan fingerprint density at radius 2 is 0.846 bits per heavy atom. The second-order valence-corrected chi connectivity index (χ2v) is 12.0. The monoisotopic (exact) mass is 554 g/mol. The van der Waals surface area contributed by atoms with E-state index in [9.17, 15) is 29.7 Å². The zero-order valence-electron chi connectivity index (χ0n) is 25.5. The summed E-state index contributed by atoms with van der Waals surface area (Å²) in [6.45, 7) is 8.42. The van der Waals surface area contributed by atoms with Crippen LogP contribution in [0.4, 0.5) is 0 Å². The second kappa shape index (κ2) is 22.9. The van der Waals surface area contributed by atoms with Crippen molar-refractivity contribution in [1.29, 1.82) is 0 Å². The summed E-state index contributed by atoms with van der Waals surface area (Å²) in [6.07, 6.45) is 24.4. The smallest absolute Gasteiger partial charge is 0.311 e. The van der Waals surface area contributed by atoms with E-state index >= 15 is 0 Å². The molecule has 0 bridgehead atoms. The predicted octanol–water partition coefficient (Wildman–Crippen LogP) is 7.78. The minimum absolute atomic E-state index is 0.211. The van der Waals surface area contributed by atoms with Crippen molar-refractivity contribution in [2.24, 2.45) is 17.8 Å². The van der Waals surface area contributed by atoms with Crippen molar-refractivity contribution in [3.8, 4) is 0 Å². The van der Waals surface area contributed by atoms with Crippen molar-refractivity contribution >= 4 is 17.9 Å². The van der Waals surface area contributed by atoms with Gasteiger partial charge in [0, 0.05) is 0 Å². The van der Waals surface area contributed by atoms with Crippen molar-refractivity contribution in [3.05, 3.63) is 12.2 Å². The van der Waals surface area contributed by atoms with Crippen LogP contribution in [0.25, 0.3) is 0 Å². The minimum atomic E-state index is -0.939. The van der Waals surface area contributed by atoms with Crippen molar-refractivity contribution in [2.45, 2.75) is 130 Å². The molecule has 3 atom stereocenters. The Balaban J connectivity index is 4.43. The summed E-state index contributed by atoms with van der Waals surface area (Å²) in [5, 5.41) is 28.5. The van der Waals surface area contributed by atoms with E-state index < -0.39 is 35.7 Å². The van der Waals surface area contributed by atoms with E-state index in [2.05, 4.69) is 19.1 Å². The van der Waals surface area contributed by atoms with Crippen LogP contribution in [0.15, 0.2) is 12.2 Å². The van der Waals surface area contributed by atoms with Gasteiger partial charge in [-0.25, -0.2) is 0 Å². The van der Waals surface area contributed by atoms with Crippen LogP contribution in [-0.2, 0) is 14.4 Å². The third kappa shape index (κ3) is 19.8. The second-order valence-electron chi connectivity index (χ2n) is 12.0. The molecule has 7 nitrogen and oxygen atoms in total. The quantitative estimate of drug-likeness (QED) is 0.0543. The summed E-state index contributed by atoms with van der Waals surface area (Å²) in [7, 11) is 0. The Bertz CT molecular complexity index is 637. The number of rotatable bonds is 27. The maximum Gasteiger partial charge on any atom is 0.311 e. The van der Waals surface area contributed by atoms with Gasteiger partial charge in [0.05, 0.1) is 26.2 Å². The average molecular weight is 555 g/mol. The first-order valence-electron chi connectivity index (χ1n) is 15.7. The van der Waals surface area contributed by atoms with Crippen LogP contribution < -0.4 is 0 Å². The standard InChI is InChI=1S/C32H59NO6/c1-5-6-7-8-9-10-11-12-13-14-15-16-17-18-19-20-21-22-23-33(24-27(2)30(34)35,25-28(3)31(36)37)26-29(4)32(38)39/h17-18,27-29H,5-16,19-26H2,1-4H3,(H2-,34,35,36,37,38,39)/p+1/b18-17+. The molecule has 0 aliphatic heterocycles. The lowest BCUT2D eigenvalue weighted by molar-refractivity contribution is -0.934. The molecule has 0 fully saturated rings. The molecule has 0 aliphatic rings. The van der Waals surface area contributed by atoms with E-state index in [1.807, 2.05) is 0 Å². The molecule has 0 heterocycles. The number of unbranched alkanes of at least 4 members (excludes halogenated alkanes) is 14. The van der Waals surface area contributed by atoms with Crippen LogP contribution in [0.1, 0.15) is 130 Å². The third-order valence-electron chi connectivity index (χ3n) is 7.89. The summed E-state index contributed by atoms with van der Waals surface area (Å²) >= 11 is 0. The number of nitrogens with zero attached hydrogens (tertiary/aromatic N) is 1. The Hall–Kier alpha value is -1.89. The van der Waals surface area contributed by atoms with Gasteiger partial charge in [0.1, 0.15) is 17.8 Å². The zero-order chi connectivity index (χ0) is 29.5. The molecule has 0 saturated carbocycles.